The molecule has 2 rings (SSSR count). The standard InChI is InChI=1S/C17H18ClN3O/c1-21(2)20-17(13-8-4-3-5-9-13)14-10-6-7-11-15(14)19-16(22)12-18/h3-11H,12H2,1-2H3,(H,19,22)/b20-17-. The number of amides is 1. The summed E-state index contributed by atoms with van der Waals surface area (Å²) in [6.07, 6.45) is 0. The number of carbonyl (C=O) groups excluding carboxylic acids is 1. The van der Waals surface area contributed by atoms with E-state index in [-0.39, 0.29) is 11.8 Å². The van der Waals surface area contributed by atoms with Crippen molar-refractivity contribution in [1.82, 2.24) is 5.01 Å². The number of benzene rings is 2. The highest BCUT2D eigenvalue weighted by atomic mass is 35.5. The second kappa shape index (κ2) is 7.61. The Kier molecular flexibility index (Phi) is 5.55. The van der Waals surface area contributed by atoms with Crippen LogP contribution in [0, 0.1) is 0 Å². The molecule has 0 aliphatic carbocycles. The van der Waals surface area contributed by atoms with Crippen LogP contribution in [0.5, 0.6) is 0 Å². The van der Waals surface area contributed by atoms with Gasteiger partial charge in [-0.2, -0.15) is 5.10 Å². The number of anilines is 1. The molecule has 0 saturated carbocycles. The SMILES string of the molecule is CN(C)/N=C(/c1ccccc1)c1ccccc1NC(=O)CCl. The van der Waals surface area contributed by atoms with Crippen molar-refractivity contribution >= 4 is 28.9 Å². The molecule has 22 heavy (non-hydrogen) atoms. The third-order valence-electron chi connectivity index (χ3n) is 2.92. The van der Waals surface area contributed by atoms with Crippen molar-refractivity contribution < 1.29 is 4.79 Å². The molecule has 1 N–H and O–H groups in total. The number of hydrazone groups is 1. The maximum atomic E-state index is 11.6. The van der Waals surface area contributed by atoms with Gasteiger partial charge in [-0.25, -0.2) is 0 Å². The van der Waals surface area contributed by atoms with Gasteiger partial charge >= 0.3 is 0 Å². The largest absolute Gasteiger partial charge is 0.324 e. The highest BCUT2D eigenvalue weighted by Crippen LogP contribution is 2.20. The summed E-state index contributed by atoms with van der Waals surface area (Å²) in [5.41, 5.74) is 3.30. The van der Waals surface area contributed by atoms with Gasteiger partial charge in [-0.15, -0.1) is 11.6 Å². The van der Waals surface area contributed by atoms with E-state index in [4.69, 9.17) is 11.6 Å². The van der Waals surface area contributed by atoms with E-state index < -0.39 is 0 Å². The number of para-hydroxylation sites is 1. The minimum absolute atomic E-state index is 0.0835. The quantitative estimate of drug-likeness (QED) is 0.523. The first kappa shape index (κ1) is 16.0. The van der Waals surface area contributed by atoms with Crippen molar-refractivity contribution in [1.29, 1.82) is 0 Å². The second-order valence-corrected chi connectivity index (χ2v) is 5.16. The molecule has 4 nitrogen and oxygen atoms in total. The van der Waals surface area contributed by atoms with Crippen LogP contribution in [0.25, 0.3) is 0 Å². The molecular weight excluding hydrogens is 298 g/mol. The maximum Gasteiger partial charge on any atom is 0.239 e. The van der Waals surface area contributed by atoms with Crippen molar-refractivity contribution in [2.75, 3.05) is 25.3 Å². The Balaban J connectivity index is 2.52. The van der Waals surface area contributed by atoms with Gasteiger partial charge in [0.15, 0.2) is 0 Å². The molecule has 0 bridgehead atoms. The van der Waals surface area contributed by atoms with Crippen LogP contribution >= 0.6 is 11.6 Å². The highest BCUT2D eigenvalue weighted by Gasteiger charge is 2.13. The summed E-state index contributed by atoms with van der Waals surface area (Å²) in [6.45, 7) is 0. The Morgan fingerprint density at radius 2 is 1.73 bits per heavy atom. The van der Waals surface area contributed by atoms with Gasteiger partial charge in [0.25, 0.3) is 0 Å². The van der Waals surface area contributed by atoms with Crippen LogP contribution in [0.2, 0.25) is 0 Å². The van der Waals surface area contributed by atoms with Gasteiger partial charge < -0.3 is 10.3 Å². The molecule has 0 fully saturated rings. The number of hydrogen-bond acceptors (Lipinski definition) is 3. The summed E-state index contributed by atoms with van der Waals surface area (Å²) in [6, 6.07) is 17.4. The van der Waals surface area contributed by atoms with Crippen LogP contribution in [0.3, 0.4) is 0 Å². The van der Waals surface area contributed by atoms with Crippen LogP contribution in [-0.4, -0.2) is 36.6 Å². The van der Waals surface area contributed by atoms with E-state index >= 15 is 0 Å². The van der Waals surface area contributed by atoms with Crippen LogP contribution in [0.4, 0.5) is 5.69 Å². The topological polar surface area (TPSA) is 44.7 Å². The van der Waals surface area contributed by atoms with Gasteiger partial charge in [0.2, 0.25) is 5.91 Å². The van der Waals surface area contributed by atoms with E-state index in [9.17, 15) is 4.79 Å². The lowest BCUT2D eigenvalue weighted by Gasteiger charge is -2.15. The fourth-order valence-electron chi connectivity index (χ4n) is 2.05. The Hall–Kier alpha value is -2.33. The lowest BCUT2D eigenvalue weighted by molar-refractivity contribution is -0.113. The van der Waals surface area contributed by atoms with Gasteiger partial charge in [0.1, 0.15) is 5.88 Å². The summed E-state index contributed by atoms with van der Waals surface area (Å²) >= 11 is 5.58. The van der Waals surface area contributed by atoms with Crippen LogP contribution in [-0.2, 0) is 4.79 Å². The van der Waals surface area contributed by atoms with E-state index in [0.717, 1.165) is 16.8 Å². The number of nitrogens with one attached hydrogen (secondary N) is 1. The first-order valence-electron chi connectivity index (χ1n) is 6.88. The Morgan fingerprint density at radius 1 is 1.09 bits per heavy atom. The number of halogens is 1. The summed E-state index contributed by atoms with van der Waals surface area (Å²) in [7, 11) is 3.73. The molecule has 5 heteroatoms. The van der Waals surface area contributed by atoms with Crippen LogP contribution in [0.15, 0.2) is 59.7 Å². The zero-order valence-corrected chi connectivity index (χ0v) is 13.3. The highest BCUT2D eigenvalue weighted by molar-refractivity contribution is 6.29. The molecule has 0 spiro atoms. The third kappa shape index (κ3) is 4.09. The predicted octanol–water partition coefficient (Wildman–Crippen LogP) is 3.18. The average molecular weight is 316 g/mol. The van der Waals surface area contributed by atoms with E-state index in [2.05, 4.69) is 10.4 Å². The molecule has 0 saturated heterocycles. The summed E-state index contributed by atoms with van der Waals surface area (Å²) in [4.78, 5) is 11.6. The van der Waals surface area contributed by atoms with E-state index in [0.29, 0.717) is 5.69 Å². The van der Waals surface area contributed by atoms with Crippen molar-refractivity contribution in [2.24, 2.45) is 5.10 Å². The minimum Gasteiger partial charge on any atom is -0.324 e. The van der Waals surface area contributed by atoms with Crippen molar-refractivity contribution in [3.05, 3.63) is 65.7 Å². The fraction of sp³-hybridized carbons (Fsp3) is 0.176. The predicted molar refractivity (Wildman–Crippen MR) is 91.6 cm³/mol. The van der Waals surface area contributed by atoms with Gasteiger partial charge in [-0.1, -0.05) is 48.5 Å². The number of rotatable bonds is 5. The number of alkyl halides is 1. The number of hydrogen-bond donors (Lipinski definition) is 1. The zero-order chi connectivity index (χ0) is 15.9. The van der Waals surface area contributed by atoms with Gasteiger partial charge in [0, 0.05) is 25.2 Å². The first-order chi connectivity index (χ1) is 10.6. The number of nitrogens with zero attached hydrogens (tertiary/aromatic N) is 2. The van der Waals surface area contributed by atoms with Crippen molar-refractivity contribution in [2.45, 2.75) is 0 Å². The third-order valence-corrected chi connectivity index (χ3v) is 3.17. The van der Waals surface area contributed by atoms with Crippen molar-refractivity contribution in [3.8, 4) is 0 Å². The molecule has 0 atom stereocenters. The monoisotopic (exact) mass is 315 g/mol. The molecule has 0 radical (unpaired) electrons. The molecule has 0 aliphatic heterocycles. The normalized spacial score (nSPS) is 11.1. The molecule has 1 amide bonds. The minimum atomic E-state index is -0.244. The molecule has 2 aromatic carbocycles. The average Bonchev–Trinajstić information content (AvgIpc) is 2.54. The van der Waals surface area contributed by atoms with Crippen LogP contribution in [0.1, 0.15) is 11.1 Å². The molecule has 0 aromatic heterocycles. The van der Waals surface area contributed by atoms with Crippen LogP contribution < -0.4 is 5.32 Å². The zero-order valence-electron chi connectivity index (χ0n) is 12.6. The molecule has 2 aromatic rings. The molecule has 114 valence electrons. The summed E-state index contributed by atoms with van der Waals surface area (Å²) in [5, 5.41) is 9.13. The number of carbonyl (C=O) groups is 1. The lowest BCUT2D eigenvalue weighted by atomic mass is 10.0. The summed E-state index contributed by atoms with van der Waals surface area (Å²) < 4.78 is 0. The molecule has 0 heterocycles. The fourth-order valence-corrected chi connectivity index (χ4v) is 2.11. The summed E-state index contributed by atoms with van der Waals surface area (Å²) in [5.74, 6) is -0.328. The second-order valence-electron chi connectivity index (χ2n) is 4.89. The van der Waals surface area contributed by atoms with E-state index in [1.807, 2.05) is 68.7 Å². The smallest absolute Gasteiger partial charge is 0.239 e. The Labute approximate surface area is 135 Å². The van der Waals surface area contributed by atoms with Gasteiger partial charge in [-0.3, -0.25) is 4.79 Å². The van der Waals surface area contributed by atoms with E-state index in [1.165, 1.54) is 0 Å². The maximum absolute atomic E-state index is 11.6. The first-order valence-corrected chi connectivity index (χ1v) is 7.42. The molecular formula is C17H18ClN3O. The Bertz CT molecular complexity index is 669. The lowest BCUT2D eigenvalue weighted by Crippen LogP contribution is -2.17. The van der Waals surface area contributed by atoms with Gasteiger partial charge in [-0.05, 0) is 6.07 Å². The molecule has 0 unspecified atom stereocenters. The van der Waals surface area contributed by atoms with Crippen molar-refractivity contribution in [3.63, 3.8) is 0 Å². The van der Waals surface area contributed by atoms with E-state index in [1.54, 1.807) is 5.01 Å². The van der Waals surface area contributed by atoms with Gasteiger partial charge in [0.05, 0.1) is 11.4 Å². The Morgan fingerprint density at radius 3 is 2.36 bits per heavy atom. The molecule has 0 aliphatic rings.